The van der Waals surface area contributed by atoms with Crippen molar-refractivity contribution in [3.8, 4) is 0 Å². The van der Waals surface area contributed by atoms with Gasteiger partial charge >= 0.3 is 5.76 Å². The van der Waals surface area contributed by atoms with Crippen LogP contribution in [0.4, 0.5) is 5.13 Å². The number of nitrogens with zero attached hydrogens (tertiary/aromatic N) is 3. The molecule has 0 aliphatic carbocycles. The van der Waals surface area contributed by atoms with Gasteiger partial charge in [0.05, 0.1) is 17.0 Å². The molecule has 4 aromatic rings. The van der Waals surface area contributed by atoms with E-state index in [9.17, 15) is 13.2 Å². The first-order valence-corrected chi connectivity index (χ1v) is 12.2. The van der Waals surface area contributed by atoms with Gasteiger partial charge < -0.3 is 9.73 Å². The van der Waals surface area contributed by atoms with Crippen LogP contribution in [-0.2, 0) is 16.6 Å². The Morgan fingerprint density at radius 3 is 2.91 bits per heavy atom. The zero-order chi connectivity index (χ0) is 22.1. The van der Waals surface area contributed by atoms with E-state index in [0.717, 1.165) is 42.2 Å². The summed E-state index contributed by atoms with van der Waals surface area (Å²) in [6, 6.07) is 12.4. The summed E-state index contributed by atoms with van der Waals surface area (Å²) >= 11 is 0.931. The zero-order valence-corrected chi connectivity index (χ0v) is 18.4. The second-order valence-electron chi connectivity index (χ2n) is 7.32. The molecule has 0 atom stereocenters. The molecule has 0 unspecified atom stereocenters. The van der Waals surface area contributed by atoms with Crippen LogP contribution >= 0.6 is 11.5 Å². The summed E-state index contributed by atoms with van der Waals surface area (Å²) in [5.41, 5.74) is 4.11. The van der Waals surface area contributed by atoms with E-state index < -0.39 is 15.8 Å². The largest absolute Gasteiger partial charge is 0.420 e. The number of rotatable bonds is 6. The lowest BCUT2D eigenvalue weighted by molar-refractivity contribution is 0.517. The van der Waals surface area contributed by atoms with Crippen LogP contribution in [0.2, 0.25) is 0 Å². The fraction of sp³-hybridized carbons (Fsp3) is 0.190. The summed E-state index contributed by atoms with van der Waals surface area (Å²) in [7, 11) is -3.88. The van der Waals surface area contributed by atoms with Crippen molar-refractivity contribution >= 4 is 43.4 Å². The first kappa shape index (κ1) is 20.6. The van der Waals surface area contributed by atoms with Gasteiger partial charge in [0.1, 0.15) is 6.33 Å². The van der Waals surface area contributed by atoms with Gasteiger partial charge in [0.15, 0.2) is 5.58 Å². The molecule has 1 aliphatic heterocycles. The minimum atomic E-state index is -3.88. The Bertz CT molecular complexity index is 1470. The molecule has 0 fully saturated rings. The minimum Gasteiger partial charge on any atom is -0.408 e. The minimum absolute atomic E-state index is 0.0269. The van der Waals surface area contributed by atoms with Crippen LogP contribution in [0.5, 0.6) is 0 Å². The van der Waals surface area contributed by atoms with E-state index in [0.29, 0.717) is 12.1 Å². The smallest absolute Gasteiger partial charge is 0.408 e. The fourth-order valence-corrected chi connectivity index (χ4v) is 5.37. The van der Waals surface area contributed by atoms with Gasteiger partial charge in [-0.2, -0.15) is 4.37 Å². The monoisotopic (exact) mass is 469 g/mol. The quantitative estimate of drug-likeness (QED) is 0.446. The van der Waals surface area contributed by atoms with E-state index in [1.54, 1.807) is 6.07 Å². The summed E-state index contributed by atoms with van der Waals surface area (Å²) in [6.07, 6.45) is 4.40. The summed E-state index contributed by atoms with van der Waals surface area (Å²) in [5.74, 6) is -0.543. The Kier molecular flexibility index (Phi) is 5.37. The zero-order valence-electron chi connectivity index (χ0n) is 16.8. The highest BCUT2D eigenvalue weighted by molar-refractivity contribution is 7.93. The van der Waals surface area contributed by atoms with E-state index in [1.165, 1.54) is 28.6 Å². The Morgan fingerprint density at radius 2 is 2.12 bits per heavy atom. The molecule has 2 N–H and O–H groups in total. The van der Waals surface area contributed by atoms with Crippen molar-refractivity contribution in [1.29, 1.82) is 0 Å². The average molecular weight is 470 g/mol. The SMILES string of the molecule is O=c1oc2cc(S(=O)(=O)Nc3ncns3)ccc2n1Cc1cccc(C2=CCNCC2)c1. The van der Waals surface area contributed by atoms with Crippen molar-refractivity contribution in [3.63, 3.8) is 0 Å². The molecule has 32 heavy (non-hydrogen) atoms. The molecule has 0 saturated heterocycles. The van der Waals surface area contributed by atoms with Crippen LogP contribution in [0.3, 0.4) is 0 Å². The first-order valence-electron chi connectivity index (χ1n) is 9.91. The predicted molar refractivity (Wildman–Crippen MR) is 122 cm³/mol. The molecule has 2 aromatic heterocycles. The second-order valence-corrected chi connectivity index (χ2v) is 9.78. The van der Waals surface area contributed by atoms with Crippen molar-refractivity contribution in [2.24, 2.45) is 0 Å². The highest BCUT2D eigenvalue weighted by atomic mass is 32.2. The van der Waals surface area contributed by atoms with Crippen molar-refractivity contribution in [2.45, 2.75) is 17.9 Å². The summed E-state index contributed by atoms with van der Waals surface area (Å²) in [5, 5.41) is 3.46. The molecule has 0 amide bonds. The Balaban J connectivity index is 1.45. The third-order valence-corrected chi connectivity index (χ3v) is 7.28. The van der Waals surface area contributed by atoms with Crippen LogP contribution in [0.1, 0.15) is 17.5 Å². The van der Waals surface area contributed by atoms with Crippen LogP contribution in [0.25, 0.3) is 16.7 Å². The van der Waals surface area contributed by atoms with Gasteiger partial charge in [-0.25, -0.2) is 18.2 Å². The standard InChI is InChI=1S/C21H19N5O4S2/c27-21-26(12-14-2-1-3-16(10-14)15-6-8-22-9-7-15)18-5-4-17(11-19(18)30-21)32(28,29)25-20-23-13-24-31-20/h1-6,10-11,13,22H,7-9,12H2,(H,23,24,25). The number of nitrogens with one attached hydrogen (secondary N) is 2. The molecular formula is C21H19N5O4S2. The van der Waals surface area contributed by atoms with Crippen LogP contribution in [-0.4, -0.2) is 35.4 Å². The van der Waals surface area contributed by atoms with Crippen LogP contribution in [0.15, 0.2) is 69.0 Å². The van der Waals surface area contributed by atoms with Gasteiger partial charge in [-0.05, 0) is 47.9 Å². The summed E-state index contributed by atoms with van der Waals surface area (Å²) < 4.78 is 38.2. The number of aromatic nitrogens is 3. The number of benzene rings is 2. The van der Waals surface area contributed by atoms with E-state index in [4.69, 9.17) is 4.42 Å². The van der Waals surface area contributed by atoms with Gasteiger partial charge in [0.2, 0.25) is 5.13 Å². The number of hydrogen-bond donors (Lipinski definition) is 2. The highest BCUT2D eigenvalue weighted by Gasteiger charge is 2.19. The van der Waals surface area contributed by atoms with Crippen LogP contribution in [0, 0.1) is 0 Å². The normalized spacial score (nSPS) is 14.4. The molecule has 0 saturated carbocycles. The Labute approximate surface area is 187 Å². The summed E-state index contributed by atoms with van der Waals surface area (Å²) in [4.78, 5) is 16.3. The molecule has 0 bridgehead atoms. The topological polar surface area (TPSA) is 119 Å². The first-order chi connectivity index (χ1) is 15.5. The van der Waals surface area contributed by atoms with Gasteiger partial charge in [-0.3, -0.25) is 9.29 Å². The molecule has 9 nitrogen and oxygen atoms in total. The van der Waals surface area contributed by atoms with E-state index >= 15 is 0 Å². The van der Waals surface area contributed by atoms with E-state index in [2.05, 4.69) is 37.6 Å². The van der Waals surface area contributed by atoms with E-state index in [-0.39, 0.29) is 15.6 Å². The molecule has 0 spiro atoms. The Morgan fingerprint density at radius 1 is 1.22 bits per heavy atom. The molecule has 3 heterocycles. The van der Waals surface area contributed by atoms with Crippen molar-refractivity contribution < 1.29 is 12.8 Å². The third kappa shape index (κ3) is 4.09. The molecule has 5 rings (SSSR count). The van der Waals surface area contributed by atoms with Gasteiger partial charge in [-0.15, -0.1) is 0 Å². The van der Waals surface area contributed by atoms with Crippen molar-refractivity contribution in [3.05, 3.63) is 76.5 Å². The maximum absolute atomic E-state index is 12.6. The molecule has 1 aliphatic rings. The molecular weight excluding hydrogens is 450 g/mol. The predicted octanol–water partition coefficient (Wildman–Crippen LogP) is 2.67. The second kappa shape index (κ2) is 8.34. The number of anilines is 1. The number of oxazole rings is 1. The van der Waals surface area contributed by atoms with Crippen molar-refractivity contribution in [2.75, 3.05) is 17.8 Å². The molecule has 0 radical (unpaired) electrons. The third-order valence-electron chi connectivity index (χ3n) is 5.24. The van der Waals surface area contributed by atoms with Crippen molar-refractivity contribution in [1.82, 2.24) is 19.2 Å². The van der Waals surface area contributed by atoms with E-state index in [1.807, 2.05) is 12.1 Å². The molecule has 11 heteroatoms. The lowest BCUT2D eigenvalue weighted by atomic mass is 9.98. The van der Waals surface area contributed by atoms with Crippen LogP contribution < -0.4 is 15.8 Å². The molecule has 2 aromatic carbocycles. The fourth-order valence-electron chi connectivity index (χ4n) is 3.69. The lowest BCUT2D eigenvalue weighted by Crippen LogP contribution is -2.20. The molecule has 164 valence electrons. The average Bonchev–Trinajstić information content (AvgIpc) is 3.41. The lowest BCUT2D eigenvalue weighted by Gasteiger charge is -2.15. The number of fused-ring (bicyclic) bond motifs is 1. The highest BCUT2D eigenvalue weighted by Crippen LogP contribution is 2.24. The van der Waals surface area contributed by atoms with Gasteiger partial charge in [0.25, 0.3) is 10.0 Å². The number of hydrogen-bond acceptors (Lipinski definition) is 8. The number of sulfonamides is 1. The van der Waals surface area contributed by atoms with Gasteiger partial charge in [0, 0.05) is 24.1 Å². The van der Waals surface area contributed by atoms with Gasteiger partial charge in [-0.1, -0.05) is 24.3 Å². The summed E-state index contributed by atoms with van der Waals surface area (Å²) in [6.45, 7) is 2.12. The Hall–Kier alpha value is -3.28. The maximum atomic E-state index is 12.6. The maximum Gasteiger partial charge on any atom is 0.420 e.